The molecule has 0 saturated carbocycles. The van der Waals surface area contributed by atoms with Crippen molar-refractivity contribution < 1.29 is 4.79 Å². The Morgan fingerprint density at radius 2 is 2.14 bits per heavy atom. The zero-order chi connectivity index (χ0) is 15.8. The molecule has 0 aromatic rings. The van der Waals surface area contributed by atoms with Crippen molar-refractivity contribution >= 4 is 21.8 Å². The predicted molar refractivity (Wildman–Crippen MR) is 93.7 cm³/mol. The number of halogens is 1. The standard InChI is InChI=1S/C17H29BrN2O/c1-5-17(21)19-12-15(4)20-9-6-7-16(8-10-20)13(2)11-14(3)18/h5,11,14-16H,1,6-10,12H2,2-4H3,(H,19,21)/b13-11+. The third-order valence-electron chi connectivity index (χ3n) is 4.28. The fraction of sp³-hybridized carbons (Fsp3) is 0.706. The van der Waals surface area contributed by atoms with Gasteiger partial charge in [-0.3, -0.25) is 9.69 Å². The molecule has 4 heteroatoms. The molecule has 1 aliphatic rings. The van der Waals surface area contributed by atoms with Crippen molar-refractivity contribution in [3.8, 4) is 0 Å². The van der Waals surface area contributed by atoms with Crippen molar-refractivity contribution in [3.05, 3.63) is 24.3 Å². The van der Waals surface area contributed by atoms with E-state index in [2.05, 4.69) is 59.6 Å². The summed E-state index contributed by atoms with van der Waals surface area (Å²) >= 11 is 3.60. The Kier molecular flexibility index (Phi) is 8.27. The van der Waals surface area contributed by atoms with Gasteiger partial charge in [-0.2, -0.15) is 0 Å². The van der Waals surface area contributed by atoms with Gasteiger partial charge in [0.2, 0.25) is 5.91 Å². The topological polar surface area (TPSA) is 32.3 Å². The minimum atomic E-state index is -0.0837. The molecule has 3 unspecified atom stereocenters. The predicted octanol–water partition coefficient (Wildman–Crippen LogP) is 3.51. The van der Waals surface area contributed by atoms with Gasteiger partial charge >= 0.3 is 0 Å². The molecule has 120 valence electrons. The lowest BCUT2D eigenvalue weighted by atomic mass is 9.92. The summed E-state index contributed by atoms with van der Waals surface area (Å²) in [6.45, 7) is 13.0. The molecule has 1 rings (SSSR count). The average molecular weight is 357 g/mol. The number of allylic oxidation sites excluding steroid dienone is 2. The van der Waals surface area contributed by atoms with Crippen LogP contribution in [0.2, 0.25) is 0 Å². The van der Waals surface area contributed by atoms with Crippen LogP contribution in [-0.4, -0.2) is 41.3 Å². The van der Waals surface area contributed by atoms with Crippen LogP contribution in [0.4, 0.5) is 0 Å². The second kappa shape index (κ2) is 9.42. The molecule has 0 aromatic heterocycles. The highest BCUT2D eigenvalue weighted by Gasteiger charge is 2.21. The van der Waals surface area contributed by atoms with E-state index in [-0.39, 0.29) is 5.91 Å². The van der Waals surface area contributed by atoms with Crippen molar-refractivity contribution in [2.75, 3.05) is 19.6 Å². The zero-order valence-electron chi connectivity index (χ0n) is 13.6. The lowest BCUT2D eigenvalue weighted by Crippen LogP contribution is -2.42. The summed E-state index contributed by atoms with van der Waals surface area (Å²) in [6.07, 6.45) is 7.37. The Balaban J connectivity index is 2.48. The van der Waals surface area contributed by atoms with Gasteiger partial charge in [0.1, 0.15) is 0 Å². The molecule has 1 aliphatic heterocycles. The van der Waals surface area contributed by atoms with Gasteiger partial charge in [0.05, 0.1) is 0 Å². The fourth-order valence-electron chi connectivity index (χ4n) is 2.96. The van der Waals surface area contributed by atoms with E-state index >= 15 is 0 Å². The minimum Gasteiger partial charge on any atom is -0.351 e. The van der Waals surface area contributed by atoms with Gasteiger partial charge in [0.15, 0.2) is 0 Å². The molecular formula is C17H29BrN2O. The number of carbonyl (C=O) groups is 1. The molecule has 0 aromatic carbocycles. The monoisotopic (exact) mass is 356 g/mol. The van der Waals surface area contributed by atoms with Crippen LogP contribution in [0.15, 0.2) is 24.3 Å². The van der Waals surface area contributed by atoms with Crippen LogP contribution >= 0.6 is 15.9 Å². The van der Waals surface area contributed by atoms with E-state index in [4.69, 9.17) is 0 Å². The van der Waals surface area contributed by atoms with Crippen molar-refractivity contribution in [3.63, 3.8) is 0 Å². The largest absolute Gasteiger partial charge is 0.351 e. The smallest absolute Gasteiger partial charge is 0.243 e. The maximum atomic E-state index is 11.3. The second-order valence-electron chi connectivity index (χ2n) is 6.05. The first-order valence-electron chi connectivity index (χ1n) is 7.90. The van der Waals surface area contributed by atoms with Gasteiger partial charge in [0, 0.05) is 17.4 Å². The molecule has 3 nitrogen and oxygen atoms in total. The van der Waals surface area contributed by atoms with Crippen LogP contribution in [0, 0.1) is 5.92 Å². The van der Waals surface area contributed by atoms with E-state index in [1.54, 1.807) is 0 Å². The van der Waals surface area contributed by atoms with Crippen molar-refractivity contribution in [2.24, 2.45) is 5.92 Å². The van der Waals surface area contributed by atoms with Crippen LogP contribution in [0.25, 0.3) is 0 Å². The summed E-state index contributed by atoms with van der Waals surface area (Å²) in [5, 5.41) is 2.89. The summed E-state index contributed by atoms with van der Waals surface area (Å²) in [4.78, 5) is 14.2. The number of carbonyl (C=O) groups excluding carboxylic acids is 1. The lowest BCUT2D eigenvalue weighted by Gasteiger charge is -2.27. The van der Waals surface area contributed by atoms with Crippen LogP contribution in [0.3, 0.4) is 0 Å². The summed E-state index contributed by atoms with van der Waals surface area (Å²) < 4.78 is 0. The Bertz CT molecular complexity index is 379. The number of alkyl halides is 1. The van der Waals surface area contributed by atoms with Crippen LogP contribution < -0.4 is 5.32 Å². The minimum absolute atomic E-state index is 0.0837. The van der Waals surface area contributed by atoms with E-state index in [0.29, 0.717) is 23.3 Å². The van der Waals surface area contributed by atoms with E-state index in [1.807, 2.05) is 0 Å². The Hall–Kier alpha value is -0.610. The number of amides is 1. The number of hydrogen-bond acceptors (Lipinski definition) is 2. The molecule has 0 spiro atoms. The molecular weight excluding hydrogens is 328 g/mol. The number of rotatable bonds is 6. The average Bonchev–Trinajstić information content (AvgIpc) is 2.69. The molecule has 3 atom stereocenters. The molecule has 1 N–H and O–H groups in total. The van der Waals surface area contributed by atoms with Gasteiger partial charge in [-0.1, -0.05) is 34.2 Å². The Morgan fingerprint density at radius 3 is 2.76 bits per heavy atom. The van der Waals surface area contributed by atoms with Crippen molar-refractivity contribution in [1.82, 2.24) is 10.2 Å². The van der Waals surface area contributed by atoms with Crippen LogP contribution in [0.1, 0.15) is 40.0 Å². The zero-order valence-corrected chi connectivity index (χ0v) is 15.2. The highest BCUT2D eigenvalue weighted by atomic mass is 79.9. The van der Waals surface area contributed by atoms with Crippen LogP contribution in [-0.2, 0) is 4.79 Å². The van der Waals surface area contributed by atoms with Gasteiger partial charge in [0.25, 0.3) is 0 Å². The van der Waals surface area contributed by atoms with E-state index < -0.39 is 0 Å². The van der Waals surface area contributed by atoms with Crippen LogP contribution in [0.5, 0.6) is 0 Å². The highest BCUT2D eigenvalue weighted by molar-refractivity contribution is 9.09. The maximum absolute atomic E-state index is 11.3. The third kappa shape index (κ3) is 6.79. The summed E-state index contributed by atoms with van der Waals surface area (Å²) in [7, 11) is 0. The number of nitrogens with one attached hydrogen (secondary N) is 1. The molecule has 1 heterocycles. The van der Waals surface area contributed by atoms with Gasteiger partial charge < -0.3 is 5.32 Å². The third-order valence-corrected chi connectivity index (χ3v) is 4.54. The van der Waals surface area contributed by atoms with Gasteiger partial charge in [-0.15, -0.1) is 0 Å². The first-order chi connectivity index (χ1) is 9.93. The van der Waals surface area contributed by atoms with Gasteiger partial charge in [-0.25, -0.2) is 0 Å². The Morgan fingerprint density at radius 1 is 1.43 bits per heavy atom. The van der Waals surface area contributed by atoms with E-state index in [0.717, 1.165) is 13.1 Å². The first-order valence-corrected chi connectivity index (χ1v) is 8.82. The highest BCUT2D eigenvalue weighted by Crippen LogP contribution is 2.26. The number of hydrogen-bond donors (Lipinski definition) is 1. The normalized spacial score (nSPS) is 24.0. The van der Waals surface area contributed by atoms with E-state index in [9.17, 15) is 4.79 Å². The quantitative estimate of drug-likeness (QED) is 0.448. The SMILES string of the molecule is C=CC(=O)NCC(C)N1CCCC(/C(C)=C/C(C)Br)CC1. The molecule has 1 saturated heterocycles. The number of likely N-dealkylation sites (tertiary alicyclic amines) is 1. The lowest BCUT2D eigenvalue weighted by molar-refractivity contribution is -0.116. The molecule has 0 radical (unpaired) electrons. The maximum Gasteiger partial charge on any atom is 0.243 e. The summed E-state index contributed by atoms with van der Waals surface area (Å²) in [5.41, 5.74) is 1.51. The van der Waals surface area contributed by atoms with Crippen molar-refractivity contribution in [1.29, 1.82) is 0 Å². The molecule has 0 aliphatic carbocycles. The van der Waals surface area contributed by atoms with Crippen molar-refractivity contribution in [2.45, 2.75) is 50.9 Å². The molecule has 0 bridgehead atoms. The second-order valence-corrected chi connectivity index (χ2v) is 7.49. The first kappa shape index (κ1) is 18.4. The molecule has 21 heavy (non-hydrogen) atoms. The molecule has 1 fully saturated rings. The summed E-state index contributed by atoms with van der Waals surface area (Å²) in [5.74, 6) is 0.615. The molecule has 1 amide bonds. The van der Waals surface area contributed by atoms with Gasteiger partial charge in [-0.05, 0) is 65.1 Å². The summed E-state index contributed by atoms with van der Waals surface area (Å²) in [6, 6.07) is 0.382. The number of nitrogens with zero attached hydrogens (tertiary/aromatic N) is 1. The fourth-order valence-corrected chi connectivity index (χ4v) is 3.38. The van der Waals surface area contributed by atoms with E-state index in [1.165, 1.54) is 30.9 Å². The Labute approximate surface area is 138 Å².